The van der Waals surface area contributed by atoms with Crippen LogP contribution in [0, 0.1) is 11.8 Å². The van der Waals surface area contributed by atoms with Gasteiger partial charge in [-0.15, -0.1) is 0 Å². The highest BCUT2D eigenvalue weighted by atomic mass is 19.4. The van der Waals surface area contributed by atoms with Gasteiger partial charge in [0.15, 0.2) is 0 Å². The Hall–Kier alpha value is -1.50. The van der Waals surface area contributed by atoms with Gasteiger partial charge in [0.25, 0.3) is 0 Å². The molecule has 0 aromatic carbocycles. The molecular weight excluding hydrogens is 203 g/mol. The molecule has 0 N–H and O–H groups in total. The summed E-state index contributed by atoms with van der Waals surface area (Å²) < 4.78 is 36.1. The van der Waals surface area contributed by atoms with Crippen molar-refractivity contribution in [2.45, 2.75) is 26.9 Å². The molecule has 0 saturated heterocycles. The van der Waals surface area contributed by atoms with Gasteiger partial charge in [0.1, 0.15) is 5.69 Å². The maximum Gasteiger partial charge on any atom is 0.417 e. The third-order valence-electron chi connectivity index (χ3n) is 1.34. The quantitative estimate of drug-likeness (QED) is 0.603. The summed E-state index contributed by atoms with van der Waals surface area (Å²) in [6.07, 6.45) is -3.55. The number of rotatable bonds is 0. The highest BCUT2D eigenvalue weighted by Gasteiger charge is 2.30. The van der Waals surface area contributed by atoms with Gasteiger partial charge in [-0.3, -0.25) is 0 Å². The van der Waals surface area contributed by atoms with Crippen LogP contribution in [0.15, 0.2) is 18.3 Å². The van der Waals surface area contributed by atoms with Gasteiger partial charge in [0.05, 0.1) is 5.56 Å². The Bertz CT molecular complexity index is 341. The summed E-state index contributed by atoms with van der Waals surface area (Å²) >= 11 is 0. The Kier molecular flexibility index (Phi) is 5.46. The van der Waals surface area contributed by atoms with E-state index in [0.717, 1.165) is 12.3 Å². The summed E-state index contributed by atoms with van der Waals surface area (Å²) in [6.45, 7) is 5.60. The van der Waals surface area contributed by atoms with Gasteiger partial charge in [-0.25, -0.2) is 4.98 Å². The van der Waals surface area contributed by atoms with Crippen LogP contribution in [0.3, 0.4) is 0 Å². The molecule has 0 unspecified atom stereocenters. The van der Waals surface area contributed by atoms with Crippen molar-refractivity contribution in [1.29, 1.82) is 0 Å². The van der Waals surface area contributed by atoms with Crippen LogP contribution in [0.25, 0.3) is 0 Å². The highest BCUT2D eigenvalue weighted by Crippen LogP contribution is 2.28. The average Bonchev–Trinajstić information content (AvgIpc) is 2.21. The smallest absolute Gasteiger partial charge is 0.247 e. The zero-order valence-corrected chi connectivity index (χ0v) is 8.81. The van der Waals surface area contributed by atoms with Crippen molar-refractivity contribution in [2.24, 2.45) is 0 Å². The molecule has 1 aromatic rings. The summed E-state index contributed by atoms with van der Waals surface area (Å²) in [5.41, 5.74) is -0.412. The number of pyridine rings is 1. The van der Waals surface area contributed by atoms with E-state index in [4.69, 9.17) is 0 Å². The van der Waals surface area contributed by atoms with E-state index >= 15 is 0 Å². The van der Waals surface area contributed by atoms with Gasteiger partial charge < -0.3 is 0 Å². The van der Waals surface area contributed by atoms with Crippen LogP contribution in [0.1, 0.15) is 32.0 Å². The van der Waals surface area contributed by atoms with Crippen molar-refractivity contribution in [3.05, 3.63) is 29.6 Å². The van der Waals surface area contributed by atoms with Crippen molar-refractivity contribution >= 4 is 0 Å². The molecule has 0 amide bonds. The fourth-order valence-corrected chi connectivity index (χ4v) is 0.764. The Balaban J connectivity index is 0.000000921. The second-order valence-electron chi connectivity index (χ2n) is 2.30. The van der Waals surface area contributed by atoms with Crippen molar-refractivity contribution in [2.75, 3.05) is 0 Å². The molecule has 0 atom stereocenters. The number of nitrogens with zero attached hydrogens (tertiary/aromatic N) is 1. The fraction of sp³-hybridized carbons (Fsp3) is 0.364. The minimum Gasteiger partial charge on any atom is -0.247 e. The van der Waals surface area contributed by atoms with E-state index < -0.39 is 11.7 Å². The standard InChI is InChI=1S/C9H6F3N.C2H6/c1-2-3-8-5-4-7(6-13-8)9(10,11)12;1-2/h4-6H,1H3;1-2H3. The molecule has 1 rings (SSSR count). The molecule has 0 fully saturated rings. The number of hydrogen-bond acceptors (Lipinski definition) is 1. The van der Waals surface area contributed by atoms with Crippen molar-refractivity contribution < 1.29 is 13.2 Å². The summed E-state index contributed by atoms with van der Waals surface area (Å²) in [6, 6.07) is 2.21. The second kappa shape index (κ2) is 6.07. The van der Waals surface area contributed by atoms with Crippen LogP contribution in [-0.4, -0.2) is 4.98 Å². The predicted octanol–water partition coefficient (Wildman–Crippen LogP) is 3.50. The molecule has 0 aliphatic rings. The van der Waals surface area contributed by atoms with Crippen LogP contribution in [0.4, 0.5) is 13.2 Å². The zero-order valence-electron chi connectivity index (χ0n) is 8.81. The summed E-state index contributed by atoms with van der Waals surface area (Å²) in [5.74, 6) is 5.11. The van der Waals surface area contributed by atoms with Crippen LogP contribution in [-0.2, 0) is 6.18 Å². The van der Waals surface area contributed by atoms with Gasteiger partial charge in [0, 0.05) is 6.20 Å². The van der Waals surface area contributed by atoms with Crippen molar-refractivity contribution in [3.8, 4) is 11.8 Å². The first kappa shape index (κ1) is 13.5. The lowest BCUT2D eigenvalue weighted by Gasteiger charge is -2.04. The minimum atomic E-state index is -4.33. The maximum atomic E-state index is 12.0. The van der Waals surface area contributed by atoms with E-state index in [2.05, 4.69) is 16.8 Å². The number of aromatic nitrogens is 1. The minimum absolute atomic E-state index is 0.343. The third kappa shape index (κ3) is 4.50. The van der Waals surface area contributed by atoms with Crippen LogP contribution in [0.5, 0.6) is 0 Å². The number of hydrogen-bond donors (Lipinski definition) is 0. The first-order chi connectivity index (χ1) is 7.04. The predicted molar refractivity (Wildman–Crippen MR) is 53.1 cm³/mol. The Morgan fingerprint density at radius 1 is 1.20 bits per heavy atom. The van der Waals surface area contributed by atoms with Crippen molar-refractivity contribution in [1.82, 2.24) is 4.98 Å². The molecule has 0 aliphatic heterocycles. The maximum absolute atomic E-state index is 12.0. The summed E-state index contributed by atoms with van der Waals surface area (Å²) in [5, 5.41) is 0. The molecule has 15 heavy (non-hydrogen) atoms. The first-order valence-electron chi connectivity index (χ1n) is 4.50. The molecular formula is C11H12F3N. The lowest BCUT2D eigenvalue weighted by atomic mass is 10.2. The van der Waals surface area contributed by atoms with E-state index in [1.54, 1.807) is 6.92 Å². The second-order valence-corrected chi connectivity index (χ2v) is 2.30. The molecule has 0 saturated carbocycles. The van der Waals surface area contributed by atoms with E-state index in [1.807, 2.05) is 13.8 Å². The SMILES string of the molecule is CC.CC#Cc1ccc(C(F)(F)F)cn1. The Morgan fingerprint density at radius 3 is 2.13 bits per heavy atom. The van der Waals surface area contributed by atoms with Gasteiger partial charge in [0.2, 0.25) is 0 Å². The molecule has 82 valence electrons. The zero-order chi connectivity index (χ0) is 11.9. The van der Waals surface area contributed by atoms with E-state index in [0.29, 0.717) is 5.69 Å². The molecule has 0 bridgehead atoms. The molecule has 0 aliphatic carbocycles. The Labute approximate surface area is 87.3 Å². The molecule has 1 aromatic heterocycles. The summed E-state index contributed by atoms with van der Waals surface area (Å²) in [4.78, 5) is 3.54. The largest absolute Gasteiger partial charge is 0.417 e. The van der Waals surface area contributed by atoms with Crippen LogP contribution < -0.4 is 0 Å². The first-order valence-corrected chi connectivity index (χ1v) is 4.50. The van der Waals surface area contributed by atoms with Gasteiger partial charge in [-0.05, 0) is 25.0 Å². The highest BCUT2D eigenvalue weighted by molar-refractivity contribution is 5.29. The van der Waals surface area contributed by atoms with Gasteiger partial charge >= 0.3 is 6.18 Å². The van der Waals surface area contributed by atoms with Crippen LogP contribution in [0.2, 0.25) is 0 Å². The van der Waals surface area contributed by atoms with Gasteiger partial charge in [-0.2, -0.15) is 13.2 Å². The lowest BCUT2D eigenvalue weighted by molar-refractivity contribution is -0.137. The van der Waals surface area contributed by atoms with Crippen molar-refractivity contribution in [3.63, 3.8) is 0 Å². The fourth-order valence-electron chi connectivity index (χ4n) is 0.764. The summed E-state index contributed by atoms with van der Waals surface area (Å²) in [7, 11) is 0. The van der Waals surface area contributed by atoms with Crippen LogP contribution >= 0.6 is 0 Å². The number of halogens is 3. The van der Waals surface area contributed by atoms with E-state index in [9.17, 15) is 13.2 Å². The normalized spacial score (nSPS) is 9.47. The third-order valence-corrected chi connectivity index (χ3v) is 1.34. The topological polar surface area (TPSA) is 12.9 Å². The molecule has 0 radical (unpaired) electrons. The molecule has 4 heteroatoms. The molecule has 0 spiro atoms. The molecule has 1 nitrogen and oxygen atoms in total. The lowest BCUT2D eigenvalue weighted by Crippen LogP contribution is -2.05. The van der Waals surface area contributed by atoms with E-state index in [1.165, 1.54) is 6.07 Å². The molecule has 1 heterocycles. The van der Waals surface area contributed by atoms with Gasteiger partial charge in [-0.1, -0.05) is 19.8 Å². The number of alkyl halides is 3. The Morgan fingerprint density at radius 2 is 1.80 bits per heavy atom. The van der Waals surface area contributed by atoms with E-state index in [-0.39, 0.29) is 0 Å². The average molecular weight is 215 g/mol. The monoisotopic (exact) mass is 215 g/mol.